The third-order valence-electron chi connectivity index (χ3n) is 8.87. The summed E-state index contributed by atoms with van der Waals surface area (Å²) in [4.78, 5) is 12.3. The molecule has 8 fully saturated rings. The van der Waals surface area contributed by atoms with Gasteiger partial charge in [0.15, 0.2) is 0 Å². The Morgan fingerprint density at radius 1 is 0.913 bits per heavy atom. The highest BCUT2D eigenvalue weighted by Crippen LogP contribution is 2.70. The van der Waals surface area contributed by atoms with E-state index in [9.17, 15) is 4.79 Å². The lowest BCUT2D eigenvalue weighted by molar-refractivity contribution is -0.0563. The van der Waals surface area contributed by atoms with E-state index in [1.54, 1.807) is 0 Å². The molecule has 8 bridgehead atoms. The molecule has 3 atom stereocenters. The zero-order chi connectivity index (χ0) is 15.2. The first-order valence-electron chi connectivity index (χ1n) is 10.2. The van der Waals surface area contributed by atoms with Crippen molar-refractivity contribution in [2.45, 2.75) is 63.8 Å². The molecular weight excluding hydrogens is 284 g/mol. The van der Waals surface area contributed by atoms with Crippen molar-refractivity contribution in [1.29, 1.82) is 0 Å². The molecule has 3 heteroatoms. The van der Waals surface area contributed by atoms with Gasteiger partial charge in [-0.2, -0.15) is 0 Å². The molecule has 0 heterocycles. The molecule has 0 aliphatic heterocycles. The van der Waals surface area contributed by atoms with Gasteiger partial charge in [-0.05, 0) is 105 Å². The number of nitrogens with one attached hydrogen (secondary N) is 2. The molecule has 8 rings (SSSR count). The van der Waals surface area contributed by atoms with Gasteiger partial charge in [-0.25, -0.2) is 4.79 Å². The quantitative estimate of drug-likeness (QED) is 0.818. The van der Waals surface area contributed by atoms with Gasteiger partial charge < -0.3 is 10.6 Å². The maximum absolute atomic E-state index is 12.3. The number of carbonyl (C=O) groups excluding carboxylic acids is 1. The van der Waals surface area contributed by atoms with E-state index in [2.05, 4.69) is 10.6 Å². The van der Waals surface area contributed by atoms with Crippen molar-refractivity contribution in [2.75, 3.05) is 6.54 Å². The van der Waals surface area contributed by atoms with Gasteiger partial charge in [0.2, 0.25) is 0 Å². The summed E-state index contributed by atoms with van der Waals surface area (Å²) in [7, 11) is 0. The Labute approximate surface area is 139 Å². The number of urea groups is 1. The zero-order valence-electron chi connectivity index (χ0n) is 14.1. The Bertz CT molecular complexity index is 494. The molecule has 3 unspecified atom stereocenters. The van der Waals surface area contributed by atoms with Crippen LogP contribution in [0.15, 0.2) is 0 Å². The summed E-state index contributed by atoms with van der Waals surface area (Å²) >= 11 is 0. The molecule has 8 aliphatic carbocycles. The fourth-order valence-corrected chi connectivity index (χ4v) is 8.53. The maximum atomic E-state index is 12.3. The predicted molar refractivity (Wildman–Crippen MR) is 88.7 cm³/mol. The smallest absolute Gasteiger partial charge is 0.315 e. The van der Waals surface area contributed by atoms with Crippen LogP contribution in [0.3, 0.4) is 0 Å². The normalized spacial score (nSPS) is 56.9. The van der Waals surface area contributed by atoms with Crippen LogP contribution in [0.25, 0.3) is 0 Å². The molecule has 3 nitrogen and oxygen atoms in total. The van der Waals surface area contributed by atoms with Crippen LogP contribution in [0.4, 0.5) is 4.79 Å². The topological polar surface area (TPSA) is 41.1 Å². The van der Waals surface area contributed by atoms with Crippen molar-refractivity contribution < 1.29 is 4.79 Å². The van der Waals surface area contributed by atoms with Gasteiger partial charge >= 0.3 is 6.03 Å². The number of amides is 2. The minimum atomic E-state index is 0.123. The van der Waals surface area contributed by atoms with Crippen molar-refractivity contribution in [3.63, 3.8) is 0 Å². The van der Waals surface area contributed by atoms with Crippen LogP contribution >= 0.6 is 0 Å². The zero-order valence-corrected chi connectivity index (χ0v) is 14.1. The number of rotatable bonds is 4. The number of carbonyl (C=O) groups is 1. The van der Waals surface area contributed by atoms with Gasteiger partial charge in [0, 0.05) is 12.6 Å². The maximum Gasteiger partial charge on any atom is 0.315 e. The highest BCUT2D eigenvalue weighted by atomic mass is 16.2. The molecule has 126 valence electrons. The second-order valence-corrected chi connectivity index (χ2v) is 10.2. The molecule has 0 radical (unpaired) electrons. The number of hydrogen-bond donors (Lipinski definition) is 2. The molecule has 2 amide bonds. The molecule has 8 saturated carbocycles. The molecule has 23 heavy (non-hydrogen) atoms. The van der Waals surface area contributed by atoms with E-state index in [1.807, 2.05) is 0 Å². The summed E-state index contributed by atoms with van der Waals surface area (Å²) < 4.78 is 0. The van der Waals surface area contributed by atoms with E-state index in [0.717, 1.165) is 48.0 Å². The van der Waals surface area contributed by atoms with E-state index in [0.29, 0.717) is 11.5 Å². The third-order valence-corrected chi connectivity index (χ3v) is 8.87. The van der Waals surface area contributed by atoms with Crippen molar-refractivity contribution in [2.24, 2.45) is 46.8 Å². The van der Waals surface area contributed by atoms with Gasteiger partial charge in [0.05, 0.1) is 0 Å². The first-order valence-corrected chi connectivity index (χ1v) is 10.2. The molecule has 0 aromatic heterocycles. The average molecular weight is 314 g/mol. The van der Waals surface area contributed by atoms with E-state index >= 15 is 0 Å². The van der Waals surface area contributed by atoms with Crippen molar-refractivity contribution in [3.05, 3.63) is 0 Å². The van der Waals surface area contributed by atoms with Crippen LogP contribution in [0.5, 0.6) is 0 Å². The fourth-order valence-electron chi connectivity index (χ4n) is 8.53. The molecule has 0 aromatic carbocycles. The minimum Gasteiger partial charge on any atom is -0.338 e. The molecular formula is C20H30N2O. The first kappa shape index (κ1) is 13.5. The first-order chi connectivity index (χ1) is 11.2. The van der Waals surface area contributed by atoms with Crippen LogP contribution < -0.4 is 10.6 Å². The second-order valence-electron chi connectivity index (χ2n) is 10.2. The molecule has 2 N–H and O–H groups in total. The Morgan fingerprint density at radius 2 is 1.52 bits per heavy atom. The van der Waals surface area contributed by atoms with E-state index in [-0.39, 0.29) is 6.03 Å². The second kappa shape index (κ2) is 4.46. The molecule has 0 spiro atoms. The van der Waals surface area contributed by atoms with Crippen LogP contribution in [-0.2, 0) is 0 Å². The van der Waals surface area contributed by atoms with E-state index in [4.69, 9.17) is 0 Å². The molecule has 0 aromatic rings. The summed E-state index contributed by atoms with van der Waals surface area (Å²) in [6, 6.07) is 0.641. The summed E-state index contributed by atoms with van der Waals surface area (Å²) in [5.74, 6) is 6.69. The lowest BCUT2D eigenvalue weighted by atomic mass is 9.49. The van der Waals surface area contributed by atoms with Crippen molar-refractivity contribution >= 4 is 6.03 Å². The highest BCUT2D eigenvalue weighted by Gasteiger charge is 2.68. The lowest BCUT2D eigenvalue weighted by Gasteiger charge is -2.57. The van der Waals surface area contributed by atoms with Gasteiger partial charge in [-0.15, -0.1) is 0 Å². The standard InChI is InChI=1S/C20H30N2O/c23-19(22-18-14-6-15-16(7-14)17(15)18)21-2-1-20-8-11-3-12(9-20)5-13(4-11)10-20/h11-18H,1-10H2,(H2,21,22,23). The Morgan fingerprint density at radius 3 is 2.04 bits per heavy atom. The minimum absolute atomic E-state index is 0.123. The van der Waals surface area contributed by atoms with E-state index < -0.39 is 0 Å². The third kappa shape index (κ3) is 1.97. The largest absolute Gasteiger partial charge is 0.338 e. The highest BCUT2D eigenvalue weighted by molar-refractivity contribution is 5.74. The Kier molecular flexibility index (Phi) is 2.63. The Balaban J connectivity index is 1.02. The van der Waals surface area contributed by atoms with Gasteiger partial charge in [-0.1, -0.05) is 0 Å². The fraction of sp³-hybridized carbons (Fsp3) is 0.950. The van der Waals surface area contributed by atoms with Crippen LogP contribution in [0.1, 0.15) is 57.8 Å². The average Bonchev–Trinajstić information content (AvgIpc) is 2.83. The van der Waals surface area contributed by atoms with Crippen molar-refractivity contribution in [3.8, 4) is 0 Å². The number of hydrogen-bond acceptors (Lipinski definition) is 1. The van der Waals surface area contributed by atoms with Crippen LogP contribution in [0.2, 0.25) is 0 Å². The monoisotopic (exact) mass is 314 g/mol. The molecule has 8 aliphatic rings. The lowest BCUT2D eigenvalue weighted by Crippen LogP contribution is -2.48. The Hall–Kier alpha value is -0.730. The van der Waals surface area contributed by atoms with Gasteiger partial charge in [-0.3, -0.25) is 0 Å². The molecule has 0 saturated heterocycles. The van der Waals surface area contributed by atoms with Gasteiger partial charge in [0.1, 0.15) is 0 Å². The summed E-state index contributed by atoms with van der Waals surface area (Å²) in [5.41, 5.74) is 0.596. The SMILES string of the molecule is O=C(NCCC12CC3CC(CC(C3)C1)C2)NC1C2CC3C(C2)C31. The van der Waals surface area contributed by atoms with Crippen LogP contribution in [-0.4, -0.2) is 18.6 Å². The van der Waals surface area contributed by atoms with E-state index in [1.165, 1.54) is 57.8 Å². The summed E-state index contributed by atoms with van der Waals surface area (Å²) in [5, 5.41) is 6.53. The summed E-state index contributed by atoms with van der Waals surface area (Å²) in [6.45, 7) is 0.896. The predicted octanol–water partition coefficient (Wildman–Crippen LogP) is 3.55. The van der Waals surface area contributed by atoms with Crippen molar-refractivity contribution in [1.82, 2.24) is 10.6 Å². The van der Waals surface area contributed by atoms with Crippen LogP contribution in [0, 0.1) is 46.8 Å². The summed E-state index contributed by atoms with van der Waals surface area (Å²) in [6.07, 6.45) is 12.9. The van der Waals surface area contributed by atoms with Gasteiger partial charge in [0.25, 0.3) is 0 Å².